The molecular weight excluding hydrogens is 769 g/mol. The third-order valence-electron chi connectivity index (χ3n) is 11.0. The van der Waals surface area contributed by atoms with Crippen LogP contribution in [-0.4, -0.2) is 37.2 Å². The van der Waals surface area contributed by atoms with E-state index in [2.05, 4.69) is 87.6 Å². The highest BCUT2D eigenvalue weighted by atomic mass is 16.6. The van der Waals surface area contributed by atoms with E-state index in [1.54, 1.807) is 0 Å². The molecule has 62 heavy (non-hydrogen) atoms. The summed E-state index contributed by atoms with van der Waals surface area (Å²) in [5.74, 6) is -0.979. The molecule has 0 amide bonds. The zero-order chi connectivity index (χ0) is 45.1. The molecule has 0 bridgehead atoms. The highest BCUT2D eigenvalue weighted by molar-refractivity contribution is 5.71. The standard InChI is InChI=1S/C56H96O6/c1-4-7-10-13-16-19-22-25-26-27-28-29-30-32-34-37-40-43-46-49-55(58)61-52-53(51-60-54(57)48-45-42-39-36-33-24-21-18-15-12-9-6-3)62-56(59)50-47-44-41-38-35-31-23-20-17-14-11-8-5-2/h7,10,16,19,25-26,28-29,32,34,40,43,53H,4-6,8-9,11-15,17-18,20-24,27,30-31,33,35-39,41-42,44-52H2,1-3H3/b10-7-,19-16-,26-25-,29-28-,34-32-,43-40-. The minimum atomic E-state index is -0.801. The minimum Gasteiger partial charge on any atom is -0.462 e. The predicted octanol–water partition coefficient (Wildman–Crippen LogP) is 17.0. The topological polar surface area (TPSA) is 78.9 Å². The van der Waals surface area contributed by atoms with Gasteiger partial charge >= 0.3 is 17.9 Å². The van der Waals surface area contributed by atoms with Crippen molar-refractivity contribution < 1.29 is 28.6 Å². The molecular formula is C56H96O6. The van der Waals surface area contributed by atoms with E-state index in [0.29, 0.717) is 19.3 Å². The zero-order valence-electron chi connectivity index (χ0n) is 40.6. The molecule has 0 heterocycles. The normalized spacial score (nSPS) is 12.6. The summed E-state index contributed by atoms with van der Waals surface area (Å²) >= 11 is 0. The lowest BCUT2D eigenvalue weighted by molar-refractivity contribution is -0.166. The van der Waals surface area contributed by atoms with Crippen LogP contribution in [0.1, 0.15) is 245 Å². The van der Waals surface area contributed by atoms with Crippen LogP contribution in [0.15, 0.2) is 72.9 Å². The molecule has 0 aromatic heterocycles. The zero-order valence-corrected chi connectivity index (χ0v) is 40.6. The molecule has 6 nitrogen and oxygen atoms in total. The first-order valence-electron chi connectivity index (χ1n) is 25.9. The van der Waals surface area contributed by atoms with Crippen molar-refractivity contribution in [1.82, 2.24) is 0 Å². The third kappa shape index (κ3) is 47.9. The largest absolute Gasteiger partial charge is 0.462 e. The Morgan fingerprint density at radius 3 is 0.984 bits per heavy atom. The van der Waals surface area contributed by atoms with E-state index in [0.717, 1.165) is 77.0 Å². The maximum atomic E-state index is 12.8. The molecule has 0 radical (unpaired) electrons. The van der Waals surface area contributed by atoms with Gasteiger partial charge in [-0.05, 0) is 57.8 Å². The van der Waals surface area contributed by atoms with Crippen molar-refractivity contribution in [2.45, 2.75) is 252 Å². The molecule has 0 aliphatic rings. The lowest BCUT2D eigenvalue weighted by atomic mass is 10.0. The molecule has 1 atom stereocenters. The van der Waals surface area contributed by atoms with Crippen LogP contribution in [0.4, 0.5) is 0 Å². The summed E-state index contributed by atoms with van der Waals surface area (Å²) < 4.78 is 16.7. The third-order valence-corrected chi connectivity index (χ3v) is 11.0. The molecule has 6 heteroatoms. The van der Waals surface area contributed by atoms with E-state index in [1.807, 2.05) is 6.08 Å². The van der Waals surface area contributed by atoms with Crippen molar-refractivity contribution in [3.63, 3.8) is 0 Å². The Morgan fingerprint density at radius 2 is 0.629 bits per heavy atom. The van der Waals surface area contributed by atoms with Gasteiger partial charge in [-0.3, -0.25) is 14.4 Å². The van der Waals surface area contributed by atoms with E-state index >= 15 is 0 Å². The van der Waals surface area contributed by atoms with Crippen molar-refractivity contribution >= 4 is 17.9 Å². The first kappa shape index (κ1) is 58.9. The maximum Gasteiger partial charge on any atom is 0.306 e. The van der Waals surface area contributed by atoms with E-state index < -0.39 is 6.10 Å². The average molecular weight is 865 g/mol. The highest BCUT2D eigenvalue weighted by Gasteiger charge is 2.19. The van der Waals surface area contributed by atoms with E-state index in [1.165, 1.54) is 122 Å². The van der Waals surface area contributed by atoms with Gasteiger partial charge in [0.05, 0.1) is 0 Å². The number of allylic oxidation sites excluding steroid dienone is 12. The second kappa shape index (κ2) is 50.5. The fourth-order valence-electron chi connectivity index (χ4n) is 7.12. The smallest absolute Gasteiger partial charge is 0.306 e. The lowest BCUT2D eigenvalue weighted by Crippen LogP contribution is -2.30. The maximum absolute atomic E-state index is 12.8. The molecule has 0 aliphatic carbocycles. The highest BCUT2D eigenvalue weighted by Crippen LogP contribution is 2.15. The predicted molar refractivity (Wildman–Crippen MR) is 265 cm³/mol. The van der Waals surface area contributed by atoms with Gasteiger partial charge in [0.25, 0.3) is 0 Å². The van der Waals surface area contributed by atoms with Gasteiger partial charge in [0, 0.05) is 19.3 Å². The Balaban J connectivity index is 4.47. The summed E-state index contributed by atoms with van der Waals surface area (Å²) in [6.45, 7) is 6.46. The number of ether oxygens (including phenoxy) is 3. The number of hydrogen-bond acceptors (Lipinski definition) is 6. The van der Waals surface area contributed by atoms with Crippen LogP contribution < -0.4 is 0 Å². The number of carbonyl (C=O) groups excluding carboxylic acids is 3. The van der Waals surface area contributed by atoms with Crippen LogP contribution in [0.5, 0.6) is 0 Å². The summed E-state index contributed by atoms with van der Waals surface area (Å²) in [5.41, 5.74) is 0. The van der Waals surface area contributed by atoms with Crippen molar-refractivity contribution in [3.05, 3.63) is 72.9 Å². The Bertz CT molecular complexity index is 1180. The van der Waals surface area contributed by atoms with Crippen molar-refractivity contribution in [2.75, 3.05) is 13.2 Å². The first-order valence-corrected chi connectivity index (χ1v) is 25.9. The number of unbranched alkanes of at least 4 members (excludes halogenated alkanes) is 23. The van der Waals surface area contributed by atoms with Gasteiger partial charge < -0.3 is 14.2 Å². The Morgan fingerprint density at radius 1 is 0.339 bits per heavy atom. The quantitative estimate of drug-likeness (QED) is 0.0262. The molecule has 0 rings (SSSR count). The van der Waals surface area contributed by atoms with Gasteiger partial charge in [0.2, 0.25) is 0 Å². The van der Waals surface area contributed by atoms with Crippen LogP contribution in [0.3, 0.4) is 0 Å². The molecule has 0 fully saturated rings. The number of esters is 3. The number of hydrogen-bond donors (Lipinski definition) is 0. The van der Waals surface area contributed by atoms with Gasteiger partial charge in [-0.1, -0.05) is 241 Å². The Kier molecular flexibility index (Phi) is 47.9. The Labute approximate surface area is 382 Å². The fraction of sp³-hybridized carbons (Fsp3) is 0.732. The summed E-state index contributed by atoms with van der Waals surface area (Å²) in [7, 11) is 0. The van der Waals surface area contributed by atoms with Crippen molar-refractivity contribution in [2.24, 2.45) is 0 Å². The molecule has 0 saturated heterocycles. The minimum absolute atomic E-state index is 0.0954. The van der Waals surface area contributed by atoms with Gasteiger partial charge in [0.1, 0.15) is 13.2 Å². The number of rotatable bonds is 46. The van der Waals surface area contributed by atoms with E-state index in [4.69, 9.17) is 14.2 Å². The molecule has 356 valence electrons. The Hall–Kier alpha value is -3.15. The second-order valence-electron chi connectivity index (χ2n) is 17.1. The second-order valence-corrected chi connectivity index (χ2v) is 17.1. The molecule has 0 N–H and O–H groups in total. The van der Waals surface area contributed by atoms with Crippen LogP contribution in [0, 0.1) is 0 Å². The average Bonchev–Trinajstić information content (AvgIpc) is 3.27. The van der Waals surface area contributed by atoms with Gasteiger partial charge in [-0.25, -0.2) is 0 Å². The van der Waals surface area contributed by atoms with Gasteiger partial charge in [0.15, 0.2) is 6.10 Å². The first-order chi connectivity index (χ1) is 30.5. The van der Waals surface area contributed by atoms with Crippen LogP contribution >= 0.6 is 0 Å². The van der Waals surface area contributed by atoms with Crippen LogP contribution in [0.2, 0.25) is 0 Å². The SMILES string of the molecule is CC/C=C\C/C=C\C/C=C\C/C=C\C/C=C\C/C=C\CCC(=O)OCC(COC(=O)CCCCCCCCCCCCCC)OC(=O)CCCCCCCCCCCCCCC. The number of carbonyl (C=O) groups is 3. The summed E-state index contributed by atoms with van der Waals surface area (Å²) in [4.78, 5) is 37.9. The summed E-state index contributed by atoms with van der Waals surface area (Å²) in [5, 5.41) is 0. The van der Waals surface area contributed by atoms with E-state index in [-0.39, 0.29) is 37.5 Å². The molecule has 0 aromatic rings. The van der Waals surface area contributed by atoms with E-state index in [9.17, 15) is 14.4 Å². The molecule has 1 unspecified atom stereocenters. The monoisotopic (exact) mass is 865 g/mol. The van der Waals surface area contributed by atoms with Gasteiger partial charge in [-0.2, -0.15) is 0 Å². The fourth-order valence-corrected chi connectivity index (χ4v) is 7.12. The van der Waals surface area contributed by atoms with Crippen molar-refractivity contribution in [3.8, 4) is 0 Å². The van der Waals surface area contributed by atoms with Crippen LogP contribution in [0.25, 0.3) is 0 Å². The summed E-state index contributed by atoms with van der Waals surface area (Å²) in [6.07, 6.45) is 63.2. The molecule has 0 saturated carbocycles. The van der Waals surface area contributed by atoms with Gasteiger partial charge in [-0.15, -0.1) is 0 Å². The summed E-state index contributed by atoms with van der Waals surface area (Å²) in [6, 6.07) is 0. The molecule has 0 spiro atoms. The van der Waals surface area contributed by atoms with Crippen LogP contribution in [-0.2, 0) is 28.6 Å². The molecule has 0 aromatic carbocycles. The molecule has 0 aliphatic heterocycles. The van der Waals surface area contributed by atoms with Crippen molar-refractivity contribution in [1.29, 1.82) is 0 Å². The lowest BCUT2D eigenvalue weighted by Gasteiger charge is -2.18.